The summed E-state index contributed by atoms with van der Waals surface area (Å²) < 4.78 is 33.7. The molecule has 8 nitrogen and oxygen atoms in total. The number of amides is 2. The van der Waals surface area contributed by atoms with Crippen LogP contribution >= 0.6 is 0 Å². The first-order valence-corrected chi connectivity index (χ1v) is 8.93. The number of halogens is 2. The highest BCUT2D eigenvalue weighted by molar-refractivity contribution is 5.97. The summed E-state index contributed by atoms with van der Waals surface area (Å²) in [6, 6.07) is 3.81. The van der Waals surface area contributed by atoms with Gasteiger partial charge in [-0.3, -0.25) is 25.0 Å². The van der Waals surface area contributed by atoms with Crippen LogP contribution in [0, 0.1) is 11.6 Å². The number of hydrogen-bond acceptors (Lipinski definition) is 5. The van der Waals surface area contributed by atoms with Gasteiger partial charge in [0.25, 0.3) is 11.8 Å². The van der Waals surface area contributed by atoms with Crippen LogP contribution in [-0.4, -0.2) is 39.8 Å². The fraction of sp³-hybridized carbons (Fsp3) is 0.316. The van der Waals surface area contributed by atoms with Gasteiger partial charge in [-0.05, 0) is 13.0 Å². The first-order chi connectivity index (χ1) is 13.7. The fourth-order valence-electron chi connectivity index (χ4n) is 3.64. The second-order valence-corrected chi connectivity index (χ2v) is 7.16. The Bertz CT molecular complexity index is 1090. The Morgan fingerprint density at radius 3 is 2.83 bits per heavy atom. The van der Waals surface area contributed by atoms with Crippen molar-refractivity contribution in [3.8, 4) is 0 Å². The molecule has 0 bridgehead atoms. The lowest BCUT2D eigenvalue weighted by molar-refractivity contribution is -0.0848. The zero-order chi connectivity index (χ0) is 20.9. The number of fused-ring (bicyclic) bond motifs is 2. The molecule has 2 aromatic rings. The van der Waals surface area contributed by atoms with E-state index in [0.717, 1.165) is 12.1 Å². The minimum Gasteiger partial charge on any atom is -0.348 e. The van der Waals surface area contributed by atoms with E-state index in [4.69, 9.17) is 10.5 Å². The molecule has 2 amide bonds. The molecule has 0 aliphatic carbocycles. The Morgan fingerprint density at radius 2 is 2.10 bits per heavy atom. The van der Waals surface area contributed by atoms with E-state index in [1.54, 1.807) is 6.92 Å². The van der Waals surface area contributed by atoms with Crippen LogP contribution in [0.5, 0.6) is 0 Å². The molecule has 2 atom stereocenters. The quantitative estimate of drug-likeness (QED) is 0.777. The number of carbonyl (C=O) groups is 2. The number of pyridine rings is 1. The third-order valence-corrected chi connectivity index (χ3v) is 5.08. The van der Waals surface area contributed by atoms with Gasteiger partial charge in [-0.1, -0.05) is 6.07 Å². The monoisotopic (exact) mass is 404 g/mol. The molecule has 10 heteroatoms. The van der Waals surface area contributed by atoms with Crippen LogP contribution in [0.15, 0.2) is 35.3 Å². The zero-order valence-corrected chi connectivity index (χ0v) is 15.4. The van der Waals surface area contributed by atoms with Gasteiger partial charge in [-0.15, -0.1) is 0 Å². The normalized spacial score (nSPS) is 23.0. The summed E-state index contributed by atoms with van der Waals surface area (Å²) in [6.45, 7) is 1.86. The molecular formula is C19H18F2N4O4. The van der Waals surface area contributed by atoms with Crippen LogP contribution < -0.4 is 16.5 Å². The summed E-state index contributed by atoms with van der Waals surface area (Å²) in [4.78, 5) is 39.0. The van der Waals surface area contributed by atoms with Crippen molar-refractivity contribution in [2.24, 2.45) is 5.73 Å². The highest BCUT2D eigenvalue weighted by Gasteiger charge is 2.50. The van der Waals surface area contributed by atoms with Gasteiger partial charge >= 0.3 is 0 Å². The number of nitrogens with zero attached hydrogens (tertiary/aromatic N) is 2. The number of benzene rings is 1. The number of nitrogens with two attached hydrogens (primary N) is 1. The molecule has 2 aliphatic heterocycles. The van der Waals surface area contributed by atoms with Gasteiger partial charge in [-0.25, -0.2) is 8.78 Å². The van der Waals surface area contributed by atoms with Crippen LogP contribution in [-0.2, 0) is 17.8 Å². The van der Waals surface area contributed by atoms with Crippen LogP contribution in [0.1, 0.15) is 33.3 Å². The van der Waals surface area contributed by atoms with Crippen molar-refractivity contribution in [2.45, 2.75) is 31.9 Å². The lowest BCUT2D eigenvalue weighted by atomic mass is 10.1. The summed E-state index contributed by atoms with van der Waals surface area (Å²) >= 11 is 0. The summed E-state index contributed by atoms with van der Waals surface area (Å²) in [5.41, 5.74) is 5.49. The van der Waals surface area contributed by atoms with Crippen molar-refractivity contribution >= 4 is 11.8 Å². The van der Waals surface area contributed by atoms with E-state index in [-0.39, 0.29) is 42.6 Å². The van der Waals surface area contributed by atoms with E-state index in [0.29, 0.717) is 6.07 Å². The first-order valence-electron chi connectivity index (χ1n) is 8.93. The maximum absolute atomic E-state index is 13.7. The highest BCUT2D eigenvalue weighted by Crippen LogP contribution is 2.31. The average Bonchev–Trinajstić information content (AvgIpc) is 2.96. The van der Waals surface area contributed by atoms with Crippen molar-refractivity contribution < 1.29 is 23.1 Å². The van der Waals surface area contributed by atoms with E-state index in [2.05, 4.69) is 5.32 Å². The molecule has 0 unspecified atom stereocenters. The van der Waals surface area contributed by atoms with Crippen molar-refractivity contribution in [2.75, 3.05) is 6.61 Å². The molecule has 0 saturated carbocycles. The average molecular weight is 404 g/mol. The molecule has 0 radical (unpaired) electrons. The van der Waals surface area contributed by atoms with Gasteiger partial charge in [-0.2, -0.15) is 0 Å². The van der Waals surface area contributed by atoms with Gasteiger partial charge in [0.2, 0.25) is 5.85 Å². The molecule has 2 aliphatic rings. The van der Waals surface area contributed by atoms with Gasteiger partial charge in [0.1, 0.15) is 22.9 Å². The second kappa shape index (κ2) is 6.75. The number of carbonyl (C=O) groups excluding carboxylic acids is 2. The van der Waals surface area contributed by atoms with Gasteiger partial charge in [0, 0.05) is 30.4 Å². The minimum atomic E-state index is -1.36. The summed E-state index contributed by atoms with van der Waals surface area (Å²) in [7, 11) is 0. The van der Waals surface area contributed by atoms with E-state index >= 15 is 0 Å². The third-order valence-electron chi connectivity index (χ3n) is 5.08. The standard InChI is InChI=1S/C19H18F2N4O4/c1-10-8-29-19(22)9-24-7-13(16(26)5-15(24)18(28)25(10)19)17(27)23-6-11-2-3-12(20)4-14(11)21/h2-5,7,10H,6,8-9,22H2,1H3,(H,23,27)/t10-,19-/m0/s1. The van der Waals surface area contributed by atoms with E-state index in [9.17, 15) is 23.2 Å². The molecule has 1 fully saturated rings. The number of nitrogens with one attached hydrogen (secondary N) is 1. The van der Waals surface area contributed by atoms with Crippen molar-refractivity contribution in [1.29, 1.82) is 0 Å². The molecule has 3 N–H and O–H groups in total. The fourth-order valence-corrected chi connectivity index (χ4v) is 3.64. The van der Waals surface area contributed by atoms with Crippen LogP contribution in [0.3, 0.4) is 0 Å². The summed E-state index contributed by atoms with van der Waals surface area (Å²) in [6.07, 6.45) is 1.24. The minimum absolute atomic E-state index is 0.0472. The third kappa shape index (κ3) is 3.19. The van der Waals surface area contributed by atoms with Crippen molar-refractivity contribution in [3.63, 3.8) is 0 Å². The summed E-state index contributed by atoms with van der Waals surface area (Å²) in [5, 5.41) is 2.42. The molecular weight excluding hydrogens is 386 g/mol. The lowest BCUT2D eigenvalue weighted by Crippen LogP contribution is -2.63. The number of rotatable bonds is 3. The van der Waals surface area contributed by atoms with Gasteiger partial charge in [0.05, 0.1) is 19.2 Å². The van der Waals surface area contributed by atoms with E-state index in [1.165, 1.54) is 21.7 Å². The second-order valence-electron chi connectivity index (χ2n) is 7.16. The molecule has 152 valence electrons. The van der Waals surface area contributed by atoms with Crippen LogP contribution in [0.25, 0.3) is 0 Å². The largest absolute Gasteiger partial charge is 0.348 e. The number of ether oxygens (including phenoxy) is 1. The van der Waals surface area contributed by atoms with Crippen molar-refractivity contribution in [3.05, 3.63) is 69.1 Å². The molecule has 29 heavy (non-hydrogen) atoms. The molecule has 4 rings (SSSR count). The predicted octanol–water partition coefficient (Wildman–Crippen LogP) is 0.543. The SMILES string of the molecule is C[C@H]1CO[C@]2(N)Cn3cc(C(=O)NCc4ccc(F)cc4F)c(=O)cc3C(=O)N12. The lowest BCUT2D eigenvalue weighted by Gasteiger charge is -2.40. The molecule has 1 saturated heterocycles. The Balaban J connectivity index is 1.60. The van der Waals surface area contributed by atoms with Gasteiger partial charge in [0.15, 0.2) is 5.43 Å². The Kier molecular flexibility index (Phi) is 4.47. The molecule has 3 heterocycles. The molecule has 1 aromatic carbocycles. The molecule has 0 spiro atoms. The van der Waals surface area contributed by atoms with Crippen LogP contribution in [0.2, 0.25) is 0 Å². The molecule has 1 aromatic heterocycles. The Morgan fingerprint density at radius 1 is 1.34 bits per heavy atom. The number of aromatic nitrogens is 1. The first kappa shape index (κ1) is 19.2. The Hall–Kier alpha value is -3.11. The smallest absolute Gasteiger partial charge is 0.274 e. The highest BCUT2D eigenvalue weighted by atomic mass is 19.1. The van der Waals surface area contributed by atoms with Crippen molar-refractivity contribution in [1.82, 2.24) is 14.8 Å². The zero-order valence-electron chi connectivity index (χ0n) is 15.4. The van der Waals surface area contributed by atoms with E-state index in [1.807, 2.05) is 0 Å². The van der Waals surface area contributed by atoms with E-state index < -0.39 is 34.7 Å². The van der Waals surface area contributed by atoms with Gasteiger partial charge < -0.3 is 14.6 Å². The maximum atomic E-state index is 13.7. The number of hydrogen-bond donors (Lipinski definition) is 2. The maximum Gasteiger partial charge on any atom is 0.274 e. The van der Waals surface area contributed by atoms with Crippen LogP contribution in [0.4, 0.5) is 8.78 Å². The Labute approximate surface area is 163 Å². The topological polar surface area (TPSA) is 107 Å². The summed E-state index contributed by atoms with van der Waals surface area (Å²) in [5.74, 6) is -4.11. The predicted molar refractivity (Wildman–Crippen MR) is 96.7 cm³/mol.